The minimum atomic E-state index is -1.02. The number of aliphatic hydroxyl groups excluding tert-OH is 1. The first-order valence-corrected chi connectivity index (χ1v) is 5.45. The molecule has 0 saturated carbocycles. The number of rotatable bonds is 5. The van der Waals surface area contributed by atoms with Crippen LogP contribution in [0.4, 0.5) is 0 Å². The number of methoxy groups -OCH3 is 1. The summed E-state index contributed by atoms with van der Waals surface area (Å²) in [4.78, 5) is 11.1. The Balaban J connectivity index is 2.41. The van der Waals surface area contributed by atoms with Crippen LogP contribution in [0.5, 0.6) is 0 Å². The molecule has 0 fully saturated rings. The third-order valence-corrected chi connectivity index (χ3v) is 2.71. The van der Waals surface area contributed by atoms with E-state index in [0.717, 1.165) is 12.8 Å². The van der Waals surface area contributed by atoms with Crippen LogP contribution < -0.4 is 0 Å². The molecule has 0 aliphatic rings. The molecular weight excluding hydrogens is 204 g/mol. The Morgan fingerprint density at radius 1 is 1.38 bits per heavy atom. The van der Waals surface area contributed by atoms with E-state index >= 15 is 0 Å². The predicted molar refractivity (Wildman–Crippen MR) is 61.9 cm³/mol. The van der Waals surface area contributed by atoms with Crippen LogP contribution in [0, 0.1) is 5.92 Å². The summed E-state index contributed by atoms with van der Waals surface area (Å²) in [6.45, 7) is 1.85. The third-order valence-electron chi connectivity index (χ3n) is 2.71. The lowest BCUT2D eigenvalue weighted by molar-refractivity contribution is -0.153. The summed E-state index contributed by atoms with van der Waals surface area (Å²) in [6, 6.07) is 10.0. The average molecular weight is 222 g/mol. The topological polar surface area (TPSA) is 46.5 Å². The van der Waals surface area contributed by atoms with Gasteiger partial charge in [-0.25, -0.2) is 4.79 Å². The van der Waals surface area contributed by atoms with Gasteiger partial charge < -0.3 is 9.84 Å². The van der Waals surface area contributed by atoms with E-state index in [9.17, 15) is 9.90 Å². The van der Waals surface area contributed by atoms with E-state index in [4.69, 9.17) is 0 Å². The van der Waals surface area contributed by atoms with Gasteiger partial charge in [0.2, 0.25) is 0 Å². The number of hydrogen-bond acceptors (Lipinski definition) is 3. The van der Waals surface area contributed by atoms with Gasteiger partial charge in [-0.3, -0.25) is 0 Å². The third kappa shape index (κ3) is 3.66. The van der Waals surface area contributed by atoms with Crippen LogP contribution >= 0.6 is 0 Å². The molecule has 0 aliphatic heterocycles. The van der Waals surface area contributed by atoms with Gasteiger partial charge in [0.1, 0.15) is 0 Å². The summed E-state index contributed by atoms with van der Waals surface area (Å²) in [5.74, 6) is -0.645. The fourth-order valence-corrected chi connectivity index (χ4v) is 1.55. The van der Waals surface area contributed by atoms with Crippen molar-refractivity contribution in [3.05, 3.63) is 35.9 Å². The van der Waals surface area contributed by atoms with Crippen molar-refractivity contribution < 1.29 is 14.6 Å². The molecule has 1 aromatic rings. The lowest BCUT2D eigenvalue weighted by Crippen LogP contribution is -2.29. The van der Waals surface area contributed by atoms with E-state index in [0.29, 0.717) is 0 Å². The van der Waals surface area contributed by atoms with E-state index in [-0.39, 0.29) is 5.92 Å². The molecule has 3 heteroatoms. The van der Waals surface area contributed by atoms with Gasteiger partial charge in [-0.15, -0.1) is 0 Å². The average Bonchev–Trinajstić information content (AvgIpc) is 2.35. The Hall–Kier alpha value is -1.35. The first-order chi connectivity index (χ1) is 7.65. The van der Waals surface area contributed by atoms with Crippen LogP contribution in [0.15, 0.2) is 30.3 Å². The van der Waals surface area contributed by atoms with Crippen molar-refractivity contribution in [2.75, 3.05) is 7.11 Å². The molecule has 0 amide bonds. The van der Waals surface area contributed by atoms with Gasteiger partial charge in [-0.2, -0.15) is 0 Å². The maximum Gasteiger partial charge on any atom is 0.334 e. The summed E-state index contributed by atoms with van der Waals surface area (Å²) >= 11 is 0. The highest BCUT2D eigenvalue weighted by Crippen LogP contribution is 2.13. The maximum absolute atomic E-state index is 11.1. The molecule has 2 atom stereocenters. The summed E-state index contributed by atoms with van der Waals surface area (Å²) < 4.78 is 4.50. The standard InChI is InChI=1S/C13H18O3/c1-10(12(14)13(15)16-2)8-9-11-6-4-3-5-7-11/h3-7,10,12,14H,8-9H2,1-2H3. The lowest BCUT2D eigenvalue weighted by atomic mass is 9.96. The monoisotopic (exact) mass is 222 g/mol. The van der Waals surface area contributed by atoms with E-state index in [1.165, 1.54) is 12.7 Å². The number of carbonyl (C=O) groups excluding carboxylic acids is 1. The molecule has 0 spiro atoms. The van der Waals surface area contributed by atoms with Crippen molar-refractivity contribution in [3.8, 4) is 0 Å². The van der Waals surface area contributed by atoms with Crippen molar-refractivity contribution >= 4 is 5.97 Å². The van der Waals surface area contributed by atoms with Crippen molar-refractivity contribution in [2.45, 2.75) is 25.9 Å². The number of esters is 1. The molecule has 3 nitrogen and oxygen atoms in total. The van der Waals surface area contributed by atoms with Crippen LogP contribution in [0.2, 0.25) is 0 Å². The highest BCUT2D eigenvalue weighted by molar-refractivity contribution is 5.74. The largest absolute Gasteiger partial charge is 0.467 e. The number of carbonyl (C=O) groups is 1. The molecule has 1 N–H and O–H groups in total. The molecule has 0 saturated heterocycles. The highest BCUT2D eigenvalue weighted by atomic mass is 16.5. The fraction of sp³-hybridized carbons (Fsp3) is 0.462. The van der Waals surface area contributed by atoms with Crippen molar-refractivity contribution in [2.24, 2.45) is 5.92 Å². The molecule has 0 aromatic heterocycles. The van der Waals surface area contributed by atoms with Crippen LogP contribution in [-0.2, 0) is 16.0 Å². The van der Waals surface area contributed by atoms with Crippen LogP contribution in [0.1, 0.15) is 18.9 Å². The van der Waals surface area contributed by atoms with Crippen molar-refractivity contribution in [1.29, 1.82) is 0 Å². The van der Waals surface area contributed by atoms with E-state index in [1.807, 2.05) is 37.3 Å². The summed E-state index contributed by atoms with van der Waals surface area (Å²) in [6.07, 6.45) is 0.602. The van der Waals surface area contributed by atoms with Crippen molar-refractivity contribution in [3.63, 3.8) is 0 Å². The minimum Gasteiger partial charge on any atom is -0.467 e. The minimum absolute atomic E-state index is 0.0901. The molecule has 16 heavy (non-hydrogen) atoms. The quantitative estimate of drug-likeness (QED) is 0.773. The fourth-order valence-electron chi connectivity index (χ4n) is 1.55. The highest BCUT2D eigenvalue weighted by Gasteiger charge is 2.22. The Morgan fingerprint density at radius 3 is 2.56 bits per heavy atom. The van der Waals surface area contributed by atoms with Gasteiger partial charge in [-0.1, -0.05) is 37.3 Å². The molecule has 0 heterocycles. The van der Waals surface area contributed by atoms with E-state index < -0.39 is 12.1 Å². The zero-order valence-electron chi connectivity index (χ0n) is 9.72. The Morgan fingerprint density at radius 2 is 2.00 bits per heavy atom. The Kier molecular flexibility index (Phi) is 4.99. The molecule has 1 rings (SSSR count). The molecule has 0 bridgehead atoms. The molecule has 2 unspecified atom stereocenters. The maximum atomic E-state index is 11.1. The number of hydrogen-bond donors (Lipinski definition) is 1. The molecule has 0 radical (unpaired) electrons. The van der Waals surface area contributed by atoms with Crippen LogP contribution in [0.25, 0.3) is 0 Å². The first kappa shape index (κ1) is 12.7. The van der Waals surface area contributed by atoms with Gasteiger partial charge in [0.05, 0.1) is 7.11 Å². The number of benzene rings is 1. The van der Waals surface area contributed by atoms with Crippen LogP contribution in [-0.4, -0.2) is 24.3 Å². The second-order valence-electron chi connectivity index (χ2n) is 3.97. The molecule has 1 aromatic carbocycles. The normalized spacial score (nSPS) is 14.2. The predicted octanol–water partition coefficient (Wildman–Crippen LogP) is 1.79. The lowest BCUT2D eigenvalue weighted by Gasteiger charge is -2.16. The van der Waals surface area contributed by atoms with E-state index in [2.05, 4.69) is 4.74 Å². The van der Waals surface area contributed by atoms with Crippen molar-refractivity contribution in [1.82, 2.24) is 0 Å². The second-order valence-corrected chi connectivity index (χ2v) is 3.97. The van der Waals surface area contributed by atoms with Gasteiger partial charge in [0, 0.05) is 0 Å². The zero-order chi connectivity index (χ0) is 12.0. The second kappa shape index (κ2) is 6.28. The Labute approximate surface area is 96.1 Å². The molecular formula is C13H18O3. The zero-order valence-corrected chi connectivity index (χ0v) is 9.72. The first-order valence-electron chi connectivity index (χ1n) is 5.45. The van der Waals surface area contributed by atoms with Crippen LogP contribution in [0.3, 0.4) is 0 Å². The van der Waals surface area contributed by atoms with Gasteiger partial charge in [0.15, 0.2) is 6.10 Å². The number of aryl methyl sites for hydroxylation is 1. The van der Waals surface area contributed by atoms with E-state index in [1.54, 1.807) is 0 Å². The Bertz CT molecular complexity index is 321. The summed E-state index contributed by atoms with van der Waals surface area (Å²) in [5, 5.41) is 9.59. The number of aliphatic hydroxyl groups is 1. The summed E-state index contributed by atoms with van der Waals surface area (Å²) in [7, 11) is 1.29. The van der Waals surface area contributed by atoms with Gasteiger partial charge >= 0.3 is 5.97 Å². The number of ether oxygens (including phenoxy) is 1. The summed E-state index contributed by atoms with van der Waals surface area (Å²) in [5.41, 5.74) is 1.21. The molecule has 0 aliphatic carbocycles. The van der Waals surface area contributed by atoms with Gasteiger partial charge in [-0.05, 0) is 24.3 Å². The van der Waals surface area contributed by atoms with Gasteiger partial charge in [0.25, 0.3) is 0 Å². The SMILES string of the molecule is COC(=O)C(O)C(C)CCc1ccccc1. The smallest absolute Gasteiger partial charge is 0.334 e. The molecule has 88 valence electrons.